The minimum Gasteiger partial charge on any atom is -0.460 e. The highest BCUT2D eigenvalue weighted by atomic mass is 16.6. The fourth-order valence-corrected chi connectivity index (χ4v) is 2.18. The quantitative estimate of drug-likeness (QED) is 0.787. The maximum Gasteiger partial charge on any atom is 0.308 e. The SMILES string of the molecule is Cc1cccc2c1ccn2CCC(=O)OC(C)(C)C. The lowest BCUT2D eigenvalue weighted by Crippen LogP contribution is -2.24. The van der Waals surface area contributed by atoms with Crippen LogP contribution in [0, 0.1) is 6.92 Å². The zero-order chi connectivity index (χ0) is 14.0. The second-order valence-electron chi connectivity index (χ2n) is 5.85. The highest BCUT2D eigenvalue weighted by Crippen LogP contribution is 2.20. The molecular weight excluding hydrogens is 238 g/mol. The van der Waals surface area contributed by atoms with Crippen molar-refractivity contribution in [3.05, 3.63) is 36.0 Å². The van der Waals surface area contributed by atoms with Gasteiger partial charge in [-0.05, 0) is 45.4 Å². The van der Waals surface area contributed by atoms with E-state index in [1.165, 1.54) is 16.5 Å². The van der Waals surface area contributed by atoms with Crippen molar-refractivity contribution in [3.63, 3.8) is 0 Å². The van der Waals surface area contributed by atoms with E-state index in [-0.39, 0.29) is 5.97 Å². The molecular formula is C16H21NO2. The van der Waals surface area contributed by atoms with Crippen LogP contribution in [-0.4, -0.2) is 16.1 Å². The summed E-state index contributed by atoms with van der Waals surface area (Å²) in [5, 5.41) is 1.24. The van der Waals surface area contributed by atoms with E-state index in [1.807, 2.05) is 33.0 Å². The number of ether oxygens (including phenoxy) is 1. The number of benzene rings is 1. The molecule has 0 aliphatic heterocycles. The number of hydrogen-bond donors (Lipinski definition) is 0. The van der Waals surface area contributed by atoms with Crippen LogP contribution in [0.2, 0.25) is 0 Å². The topological polar surface area (TPSA) is 31.2 Å². The number of aromatic nitrogens is 1. The number of carbonyl (C=O) groups excluding carboxylic acids is 1. The predicted molar refractivity (Wildman–Crippen MR) is 77.1 cm³/mol. The van der Waals surface area contributed by atoms with Gasteiger partial charge in [0, 0.05) is 23.6 Å². The van der Waals surface area contributed by atoms with E-state index in [2.05, 4.69) is 29.7 Å². The summed E-state index contributed by atoms with van der Waals surface area (Å²) in [6.07, 6.45) is 2.43. The molecule has 0 atom stereocenters. The van der Waals surface area contributed by atoms with Gasteiger partial charge in [-0.15, -0.1) is 0 Å². The summed E-state index contributed by atoms with van der Waals surface area (Å²) in [7, 11) is 0. The van der Waals surface area contributed by atoms with Gasteiger partial charge < -0.3 is 9.30 Å². The highest BCUT2D eigenvalue weighted by molar-refractivity contribution is 5.83. The first-order chi connectivity index (χ1) is 8.87. The van der Waals surface area contributed by atoms with Crippen molar-refractivity contribution in [2.45, 2.75) is 46.3 Å². The van der Waals surface area contributed by atoms with E-state index in [1.54, 1.807) is 0 Å². The number of esters is 1. The molecule has 0 aliphatic carbocycles. The third-order valence-corrected chi connectivity index (χ3v) is 3.01. The van der Waals surface area contributed by atoms with Gasteiger partial charge in [0.1, 0.15) is 5.60 Å². The molecule has 19 heavy (non-hydrogen) atoms. The van der Waals surface area contributed by atoms with Gasteiger partial charge in [-0.3, -0.25) is 4.79 Å². The molecule has 0 amide bonds. The lowest BCUT2D eigenvalue weighted by atomic mass is 10.1. The summed E-state index contributed by atoms with van der Waals surface area (Å²) in [6, 6.07) is 8.32. The summed E-state index contributed by atoms with van der Waals surface area (Å²) >= 11 is 0. The third kappa shape index (κ3) is 3.37. The van der Waals surface area contributed by atoms with E-state index >= 15 is 0 Å². The van der Waals surface area contributed by atoms with Gasteiger partial charge in [-0.1, -0.05) is 12.1 Å². The maximum atomic E-state index is 11.7. The van der Waals surface area contributed by atoms with Gasteiger partial charge >= 0.3 is 5.97 Å². The van der Waals surface area contributed by atoms with E-state index in [0.717, 1.165) is 0 Å². The number of fused-ring (bicyclic) bond motifs is 1. The fourth-order valence-electron chi connectivity index (χ4n) is 2.18. The fraction of sp³-hybridized carbons (Fsp3) is 0.438. The zero-order valence-electron chi connectivity index (χ0n) is 12.1. The molecule has 0 aliphatic rings. The molecule has 3 heteroatoms. The number of hydrogen-bond acceptors (Lipinski definition) is 2. The smallest absolute Gasteiger partial charge is 0.308 e. The number of aryl methyl sites for hydroxylation is 2. The molecule has 1 aromatic heterocycles. The molecule has 0 saturated heterocycles. The van der Waals surface area contributed by atoms with Crippen LogP contribution in [0.4, 0.5) is 0 Å². The Bertz CT molecular complexity index is 590. The normalized spacial score (nSPS) is 11.8. The Morgan fingerprint density at radius 3 is 2.68 bits per heavy atom. The summed E-state index contributed by atoms with van der Waals surface area (Å²) in [6.45, 7) is 8.42. The van der Waals surface area contributed by atoms with Crippen molar-refractivity contribution >= 4 is 16.9 Å². The van der Waals surface area contributed by atoms with Crippen LogP contribution < -0.4 is 0 Å². The van der Waals surface area contributed by atoms with Crippen LogP contribution in [0.1, 0.15) is 32.8 Å². The van der Waals surface area contributed by atoms with Crippen molar-refractivity contribution in [2.75, 3.05) is 0 Å². The average Bonchev–Trinajstić information content (AvgIpc) is 2.69. The van der Waals surface area contributed by atoms with Crippen molar-refractivity contribution in [1.82, 2.24) is 4.57 Å². The van der Waals surface area contributed by atoms with Crippen molar-refractivity contribution in [1.29, 1.82) is 0 Å². The minimum absolute atomic E-state index is 0.151. The van der Waals surface area contributed by atoms with Crippen LogP contribution in [-0.2, 0) is 16.1 Å². The second kappa shape index (κ2) is 5.08. The summed E-state index contributed by atoms with van der Waals surface area (Å²) < 4.78 is 7.42. The monoisotopic (exact) mass is 259 g/mol. The van der Waals surface area contributed by atoms with E-state index in [0.29, 0.717) is 13.0 Å². The largest absolute Gasteiger partial charge is 0.460 e. The van der Waals surface area contributed by atoms with Crippen LogP contribution >= 0.6 is 0 Å². The van der Waals surface area contributed by atoms with Crippen LogP contribution in [0.15, 0.2) is 30.5 Å². The molecule has 0 spiro atoms. The standard InChI is InChI=1S/C16H21NO2/c1-12-6-5-7-14-13(12)8-10-17(14)11-9-15(18)19-16(2,3)4/h5-8,10H,9,11H2,1-4H3. The molecule has 0 unspecified atom stereocenters. The van der Waals surface area contributed by atoms with Crippen molar-refractivity contribution < 1.29 is 9.53 Å². The van der Waals surface area contributed by atoms with E-state index < -0.39 is 5.60 Å². The molecule has 2 rings (SSSR count). The number of rotatable bonds is 3. The lowest BCUT2D eigenvalue weighted by Gasteiger charge is -2.19. The Morgan fingerprint density at radius 1 is 1.26 bits per heavy atom. The molecule has 1 aromatic carbocycles. The van der Waals surface area contributed by atoms with Gasteiger partial charge in [0.25, 0.3) is 0 Å². The molecule has 0 radical (unpaired) electrons. The minimum atomic E-state index is -0.410. The number of carbonyl (C=O) groups is 1. The van der Waals surface area contributed by atoms with Gasteiger partial charge in [-0.25, -0.2) is 0 Å². The molecule has 0 saturated carbocycles. The Kier molecular flexibility index (Phi) is 3.65. The average molecular weight is 259 g/mol. The molecule has 3 nitrogen and oxygen atoms in total. The van der Waals surface area contributed by atoms with Crippen molar-refractivity contribution in [3.8, 4) is 0 Å². The Morgan fingerprint density at radius 2 is 2.00 bits per heavy atom. The van der Waals surface area contributed by atoms with Gasteiger partial charge in [0.15, 0.2) is 0 Å². The molecule has 2 aromatic rings. The Labute approximate surface area is 114 Å². The van der Waals surface area contributed by atoms with Gasteiger partial charge in [0.2, 0.25) is 0 Å². The van der Waals surface area contributed by atoms with E-state index in [9.17, 15) is 4.79 Å². The Balaban J connectivity index is 2.07. The van der Waals surface area contributed by atoms with Gasteiger partial charge in [0.05, 0.1) is 6.42 Å². The van der Waals surface area contributed by atoms with Crippen molar-refractivity contribution in [2.24, 2.45) is 0 Å². The first-order valence-corrected chi connectivity index (χ1v) is 6.63. The first-order valence-electron chi connectivity index (χ1n) is 6.63. The van der Waals surface area contributed by atoms with Gasteiger partial charge in [-0.2, -0.15) is 0 Å². The molecule has 0 N–H and O–H groups in total. The highest BCUT2D eigenvalue weighted by Gasteiger charge is 2.16. The first kappa shape index (κ1) is 13.7. The maximum absolute atomic E-state index is 11.7. The molecule has 0 fully saturated rings. The van der Waals surface area contributed by atoms with E-state index in [4.69, 9.17) is 4.74 Å². The summed E-state index contributed by atoms with van der Waals surface area (Å²) in [5.41, 5.74) is 2.02. The third-order valence-electron chi connectivity index (χ3n) is 3.01. The van der Waals surface area contributed by atoms with Crippen LogP contribution in [0.5, 0.6) is 0 Å². The second-order valence-corrected chi connectivity index (χ2v) is 5.85. The summed E-state index contributed by atoms with van der Waals surface area (Å²) in [4.78, 5) is 11.7. The zero-order valence-corrected chi connectivity index (χ0v) is 12.1. The number of nitrogens with zero attached hydrogens (tertiary/aromatic N) is 1. The lowest BCUT2D eigenvalue weighted by molar-refractivity contribution is -0.155. The molecule has 0 bridgehead atoms. The predicted octanol–water partition coefficient (Wildman–Crippen LogP) is 3.68. The molecule has 1 heterocycles. The Hall–Kier alpha value is -1.77. The van der Waals surface area contributed by atoms with Crippen LogP contribution in [0.3, 0.4) is 0 Å². The van der Waals surface area contributed by atoms with Crippen LogP contribution in [0.25, 0.3) is 10.9 Å². The summed E-state index contributed by atoms with van der Waals surface area (Å²) in [5.74, 6) is -0.151. The molecule has 102 valence electrons.